The molecule has 2 amide bonds. The third-order valence-corrected chi connectivity index (χ3v) is 16.4. The molecule has 0 radical (unpaired) electrons. The molecule has 91 heavy (non-hydrogen) atoms. The highest BCUT2D eigenvalue weighted by Gasteiger charge is 2.32. The van der Waals surface area contributed by atoms with Crippen molar-refractivity contribution in [3.63, 3.8) is 0 Å². The molecule has 0 bridgehead atoms. The standard InChI is InChI=1S/C37H43N5O5.C35H41N5O4/c1-24(43)47-23-31-29(8-7-9-33(31)42-16-14-26-18-28(37(2,3)4)11-12-30(26)35(42)44)27-19-32(36(45)41(5)22-27)40-34-13-10-25(21-39-34)20-38-15-17-46-6;1-35(2,3)26-10-11-28-24(17-26)13-15-40(33(28)42)31-8-6-7-27(29(31)22-41)25-18-30(34(43)39(4)21-25)38-32-12-9-23(20-37-32)19-36-14-16-44-5/h7-13,18-19,21-22,38H,14-17,20,23H2,1-6H3,(H,39,40);6-12,17-18,20-21,36,41H,13-16,19,22H2,1-5H3,(H,37,38). The smallest absolute Gasteiger partial charge is 0.302 e. The van der Waals surface area contributed by atoms with Gasteiger partial charge in [0.05, 0.1) is 31.2 Å². The predicted octanol–water partition coefficient (Wildman–Crippen LogP) is 10.4. The number of hydrogen-bond donors (Lipinski definition) is 5. The fourth-order valence-corrected chi connectivity index (χ4v) is 11.3. The lowest BCUT2D eigenvalue weighted by Crippen LogP contribution is -2.38. The van der Waals surface area contributed by atoms with E-state index in [1.54, 1.807) is 75.0 Å². The molecule has 0 unspecified atom stereocenters. The molecule has 6 heterocycles. The van der Waals surface area contributed by atoms with Gasteiger partial charge in [-0.15, -0.1) is 0 Å². The molecular weight excluding hydrogens is 1150 g/mol. The number of benzene rings is 4. The van der Waals surface area contributed by atoms with Crippen LogP contribution in [0.2, 0.25) is 0 Å². The Morgan fingerprint density at radius 3 is 1.41 bits per heavy atom. The van der Waals surface area contributed by atoms with Crippen LogP contribution in [-0.4, -0.2) is 95.6 Å². The Labute approximate surface area is 532 Å². The van der Waals surface area contributed by atoms with Crippen LogP contribution in [0.25, 0.3) is 22.3 Å². The van der Waals surface area contributed by atoms with Crippen molar-refractivity contribution in [1.29, 1.82) is 0 Å². The Hall–Kier alpha value is -9.11. The molecule has 19 nitrogen and oxygen atoms in total. The van der Waals surface area contributed by atoms with Crippen molar-refractivity contribution in [3.8, 4) is 22.3 Å². The fourth-order valence-electron chi connectivity index (χ4n) is 11.3. The van der Waals surface area contributed by atoms with Crippen LogP contribution in [0.4, 0.5) is 34.4 Å². The second-order valence-corrected chi connectivity index (χ2v) is 25.0. The molecule has 0 aliphatic carbocycles. The molecule has 0 fully saturated rings. The van der Waals surface area contributed by atoms with Gasteiger partial charge in [0.25, 0.3) is 22.9 Å². The molecule has 0 saturated heterocycles. The lowest BCUT2D eigenvalue weighted by molar-refractivity contribution is -0.142. The molecule has 2 aliphatic heterocycles. The Balaban J connectivity index is 0.000000216. The molecule has 4 aromatic heterocycles. The number of carbonyl (C=O) groups is 3. The van der Waals surface area contributed by atoms with Gasteiger partial charge in [-0.3, -0.25) is 24.0 Å². The van der Waals surface area contributed by atoms with Crippen molar-refractivity contribution in [3.05, 3.63) is 210 Å². The summed E-state index contributed by atoms with van der Waals surface area (Å²) in [6.45, 7) is 19.1. The lowest BCUT2D eigenvalue weighted by atomic mass is 9.84. The summed E-state index contributed by atoms with van der Waals surface area (Å²) in [5.74, 6) is 0.468. The first kappa shape index (κ1) is 66.3. The molecule has 4 aromatic carbocycles. The zero-order chi connectivity index (χ0) is 65.1. The minimum atomic E-state index is -0.429. The Morgan fingerprint density at radius 1 is 0.571 bits per heavy atom. The summed E-state index contributed by atoms with van der Waals surface area (Å²) in [6, 6.07) is 34.6. The number of pyridine rings is 4. The van der Waals surface area contributed by atoms with Gasteiger partial charge in [0.2, 0.25) is 0 Å². The van der Waals surface area contributed by atoms with Gasteiger partial charge in [-0.2, -0.15) is 0 Å². The van der Waals surface area contributed by atoms with Crippen molar-refractivity contribution >= 4 is 52.2 Å². The predicted molar refractivity (Wildman–Crippen MR) is 359 cm³/mol. The highest BCUT2D eigenvalue weighted by atomic mass is 16.5. The summed E-state index contributed by atoms with van der Waals surface area (Å²) in [7, 11) is 6.71. The SMILES string of the molecule is COCCNCc1ccc(Nc2cc(-c3cccc(N4CCc5cc(C(C)(C)C)ccc5C4=O)c3CO)cn(C)c2=O)nc1.COCCNCc1ccc(Nc2cc(-c3cccc(N4CCc5cc(C(C)(C)C)ccc5C4=O)c3COC(C)=O)cn(C)c2=O)nc1. The molecule has 0 saturated carbocycles. The van der Waals surface area contributed by atoms with Crippen molar-refractivity contribution < 1.29 is 33.7 Å². The first-order valence-electron chi connectivity index (χ1n) is 30.7. The van der Waals surface area contributed by atoms with Gasteiger partial charge >= 0.3 is 5.97 Å². The van der Waals surface area contributed by atoms with E-state index in [1.807, 2.05) is 84.9 Å². The van der Waals surface area contributed by atoms with Gasteiger partial charge in [0.1, 0.15) is 29.6 Å². The third-order valence-electron chi connectivity index (χ3n) is 16.4. The molecule has 8 aromatic rings. The summed E-state index contributed by atoms with van der Waals surface area (Å²) in [5.41, 5.74) is 13.7. The third kappa shape index (κ3) is 15.9. The van der Waals surface area contributed by atoms with E-state index >= 15 is 0 Å². The van der Waals surface area contributed by atoms with Crippen LogP contribution in [0, 0.1) is 0 Å². The van der Waals surface area contributed by atoms with Crippen LogP contribution in [0.3, 0.4) is 0 Å². The first-order chi connectivity index (χ1) is 43.6. The highest BCUT2D eigenvalue weighted by molar-refractivity contribution is 6.10. The Kier molecular flexibility index (Phi) is 21.3. The number of anilines is 6. The van der Waals surface area contributed by atoms with E-state index in [0.29, 0.717) is 102 Å². The van der Waals surface area contributed by atoms with Gasteiger partial charge < -0.3 is 59.5 Å². The maximum Gasteiger partial charge on any atom is 0.302 e. The number of carbonyl (C=O) groups excluding carboxylic acids is 3. The van der Waals surface area contributed by atoms with Gasteiger partial charge in [0, 0.05) is 133 Å². The quantitative estimate of drug-likeness (QED) is 0.0333. The van der Waals surface area contributed by atoms with Crippen LogP contribution in [0.15, 0.2) is 144 Å². The van der Waals surface area contributed by atoms with E-state index in [0.717, 1.165) is 64.0 Å². The molecule has 10 rings (SSSR count). The molecule has 0 spiro atoms. The zero-order valence-corrected chi connectivity index (χ0v) is 54.1. The number of aromatic nitrogens is 4. The van der Waals surface area contributed by atoms with E-state index in [9.17, 15) is 29.1 Å². The highest BCUT2D eigenvalue weighted by Crippen LogP contribution is 2.39. The second kappa shape index (κ2) is 29.2. The number of amides is 2. The Morgan fingerprint density at radius 2 is 1.01 bits per heavy atom. The zero-order valence-electron chi connectivity index (χ0n) is 54.1. The van der Waals surface area contributed by atoms with Gasteiger partial charge in [0.15, 0.2) is 0 Å². The van der Waals surface area contributed by atoms with E-state index in [2.05, 4.69) is 84.9 Å². The Bertz CT molecular complexity index is 4050. The largest absolute Gasteiger partial charge is 0.461 e. The topological polar surface area (TPSA) is 224 Å². The van der Waals surface area contributed by atoms with E-state index in [-0.39, 0.29) is 47.0 Å². The van der Waals surface area contributed by atoms with Gasteiger partial charge in [-0.25, -0.2) is 9.97 Å². The molecule has 2 aliphatic rings. The monoisotopic (exact) mass is 1230 g/mol. The van der Waals surface area contributed by atoms with E-state index < -0.39 is 5.97 Å². The molecule has 476 valence electrons. The number of methoxy groups -OCH3 is 2. The minimum Gasteiger partial charge on any atom is -0.461 e. The average Bonchev–Trinajstić information content (AvgIpc) is 0.797. The van der Waals surface area contributed by atoms with Crippen molar-refractivity contribution in [1.82, 2.24) is 29.7 Å². The summed E-state index contributed by atoms with van der Waals surface area (Å²) in [4.78, 5) is 78.5. The van der Waals surface area contributed by atoms with E-state index in [1.165, 1.54) is 27.2 Å². The molecule has 19 heteroatoms. The second-order valence-electron chi connectivity index (χ2n) is 25.0. The number of nitrogens with zero attached hydrogens (tertiary/aromatic N) is 6. The number of aliphatic hydroxyl groups excluding tert-OH is 1. The molecule has 0 atom stereocenters. The molecule has 5 N–H and O–H groups in total. The van der Waals surface area contributed by atoms with Crippen LogP contribution in [0.1, 0.15) is 114 Å². The summed E-state index contributed by atoms with van der Waals surface area (Å²) >= 11 is 0. The first-order valence-corrected chi connectivity index (χ1v) is 30.7. The number of nitrogens with one attached hydrogen (secondary N) is 4. The number of esters is 1. The van der Waals surface area contributed by atoms with Gasteiger partial charge in [-0.1, -0.05) is 102 Å². The maximum atomic E-state index is 13.9. The summed E-state index contributed by atoms with van der Waals surface area (Å²) in [6.07, 6.45) is 8.44. The maximum absolute atomic E-state index is 13.9. The number of rotatable bonds is 21. The number of ether oxygens (including phenoxy) is 3. The van der Waals surface area contributed by atoms with Crippen LogP contribution < -0.4 is 42.2 Å². The average molecular weight is 1230 g/mol. The number of aliphatic hydroxyl groups is 1. The van der Waals surface area contributed by atoms with Gasteiger partial charge in [-0.05, 0) is 117 Å². The van der Waals surface area contributed by atoms with Crippen molar-refractivity contribution in [2.45, 2.75) is 98.4 Å². The normalized spacial score (nSPS) is 13.1. The fraction of sp³-hybridized carbons (Fsp3) is 0.347. The van der Waals surface area contributed by atoms with Crippen molar-refractivity contribution in [2.75, 3.05) is 74.0 Å². The molecular formula is C72H84N10O9. The van der Waals surface area contributed by atoms with E-state index in [4.69, 9.17) is 14.2 Å². The van der Waals surface area contributed by atoms with Crippen molar-refractivity contribution in [2.24, 2.45) is 14.1 Å². The number of fused-ring (bicyclic) bond motifs is 2. The van der Waals surface area contributed by atoms with Crippen LogP contribution >= 0.6 is 0 Å². The lowest BCUT2D eigenvalue weighted by Gasteiger charge is -2.32. The summed E-state index contributed by atoms with van der Waals surface area (Å²) < 4.78 is 18.7. The minimum absolute atomic E-state index is 0.00182. The van der Waals surface area contributed by atoms with Crippen LogP contribution in [-0.2, 0) is 83.1 Å². The number of hydrogen-bond acceptors (Lipinski definition) is 15. The van der Waals surface area contributed by atoms with Crippen LogP contribution in [0.5, 0.6) is 0 Å². The number of aryl methyl sites for hydroxylation is 2. The summed E-state index contributed by atoms with van der Waals surface area (Å²) in [5, 5.41) is 23.5.